The second-order valence-electron chi connectivity index (χ2n) is 27.7. The number of phosphoric acid groups is 2. The van der Waals surface area contributed by atoms with Crippen LogP contribution in [0.1, 0.15) is 362 Å². The highest BCUT2D eigenvalue weighted by Crippen LogP contribution is 2.45. The third kappa shape index (κ3) is 76.2. The summed E-state index contributed by atoms with van der Waals surface area (Å²) in [7, 11) is -9.98. The topological polar surface area (TPSA) is 237 Å². The number of allylic oxidation sites excluding steroid dienone is 16. The molecule has 0 amide bonds. The van der Waals surface area contributed by atoms with Crippen LogP contribution in [0.25, 0.3) is 0 Å². The molecule has 104 heavy (non-hydrogen) atoms. The van der Waals surface area contributed by atoms with Gasteiger partial charge in [0.25, 0.3) is 0 Å². The molecule has 2 unspecified atom stereocenters. The van der Waals surface area contributed by atoms with Crippen LogP contribution in [0, 0.1) is 0 Å². The molecule has 0 rings (SSSR count). The van der Waals surface area contributed by atoms with Crippen LogP contribution in [-0.4, -0.2) is 96.7 Å². The van der Waals surface area contributed by atoms with Gasteiger partial charge in [-0.15, -0.1) is 0 Å². The molecule has 0 aliphatic rings. The lowest BCUT2D eigenvalue weighted by atomic mass is 10.1. The van der Waals surface area contributed by atoms with E-state index >= 15 is 0 Å². The summed E-state index contributed by atoms with van der Waals surface area (Å²) in [5.74, 6) is -2.27. The van der Waals surface area contributed by atoms with Crippen molar-refractivity contribution in [2.24, 2.45) is 0 Å². The fourth-order valence-electron chi connectivity index (χ4n) is 11.1. The van der Waals surface area contributed by atoms with Crippen molar-refractivity contribution in [3.63, 3.8) is 0 Å². The first-order chi connectivity index (χ1) is 50.7. The third-order valence-electron chi connectivity index (χ3n) is 17.5. The summed E-state index contributed by atoms with van der Waals surface area (Å²) in [6.07, 6.45) is 82.4. The summed E-state index contributed by atoms with van der Waals surface area (Å²) >= 11 is 0. The Bertz CT molecular complexity index is 2350. The Balaban J connectivity index is 5.42. The van der Waals surface area contributed by atoms with Gasteiger partial charge in [0, 0.05) is 25.7 Å². The largest absolute Gasteiger partial charge is 0.472 e. The standard InChI is InChI=1S/C85H150O17P2/c1-5-9-13-17-21-25-29-33-37-38-39-40-44-46-50-54-58-62-66-70-83(88)96-76-81(102-85(90)72-68-64-60-56-52-48-43-36-32-28-24-20-16-12-8-4)78-100-104(93,94)98-74-79(86)73-97-103(91,92)99-77-80(101-84(89)71-67-63-59-55-51-47-42-35-31-27-23-19-15-11-7-3)75-95-82(87)69-65-61-57-53-49-45-41-34-30-26-22-18-14-10-6-2/h21,25-26,28,30,32-33,35,37,39-40,42,46,50,58,62,79-81,86H,5-20,22-24,27,29,31,34,36,38,41,43-45,47-49,51-57,59-61,63-78H2,1-4H3,(H,91,92)(H,93,94)/b25-21-,30-26-,32-28-,37-33-,40-39-,42-35-,50-46-,62-58-/t79-,80+,81+/m0/s1. The number of phosphoric ester groups is 2. The highest BCUT2D eigenvalue weighted by molar-refractivity contribution is 7.47. The summed E-state index contributed by atoms with van der Waals surface area (Å²) in [5.41, 5.74) is 0. The van der Waals surface area contributed by atoms with E-state index in [4.69, 9.17) is 37.0 Å². The maximum Gasteiger partial charge on any atom is 0.472 e. The van der Waals surface area contributed by atoms with Crippen molar-refractivity contribution in [3.05, 3.63) is 97.2 Å². The first-order valence-electron chi connectivity index (χ1n) is 41.5. The van der Waals surface area contributed by atoms with Crippen LogP contribution >= 0.6 is 15.6 Å². The predicted octanol–water partition coefficient (Wildman–Crippen LogP) is 24.3. The van der Waals surface area contributed by atoms with Gasteiger partial charge in [-0.05, 0) is 141 Å². The van der Waals surface area contributed by atoms with E-state index in [2.05, 4.69) is 113 Å². The quantitative estimate of drug-likeness (QED) is 0.0169. The van der Waals surface area contributed by atoms with Crippen molar-refractivity contribution >= 4 is 39.5 Å². The molecule has 0 aliphatic heterocycles. The Kier molecular flexibility index (Phi) is 74.2. The maximum absolute atomic E-state index is 13.1. The second kappa shape index (κ2) is 77.1. The summed E-state index contributed by atoms with van der Waals surface area (Å²) in [4.78, 5) is 73.1. The van der Waals surface area contributed by atoms with E-state index in [1.54, 1.807) is 0 Å². The third-order valence-corrected chi connectivity index (χ3v) is 19.4. The van der Waals surface area contributed by atoms with Gasteiger partial charge in [0.05, 0.1) is 26.4 Å². The number of ether oxygens (including phenoxy) is 4. The molecule has 0 spiro atoms. The molecule has 0 saturated heterocycles. The SMILES string of the molecule is CCCCC/C=C\C/C=C\C/C=C\C/C=C\C/C=C\CCC(=O)OC[C@H](COP(=O)(O)OC[C@@H](O)COP(=O)(O)OC[C@@H](COC(=O)CCCCCCCCC/C=C\CCCCCC)OC(=O)CCCCCCC/C=C\CCCCCCCC)OC(=O)CCCCCCCCC/C=C\CCCCCC. The van der Waals surface area contributed by atoms with Gasteiger partial charge in [-0.1, -0.05) is 292 Å². The maximum atomic E-state index is 13.1. The number of unbranched alkanes of at least 4 members (excludes halogenated alkanes) is 36. The van der Waals surface area contributed by atoms with Crippen molar-refractivity contribution in [3.8, 4) is 0 Å². The van der Waals surface area contributed by atoms with Crippen molar-refractivity contribution in [2.75, 3.05) is 39.6 Å². The van der Waals surface area contributed by atoms with Gasteiger partial charge in [0.15, 0.2) is 12.2 Å². The van der Waals surface area contributed by atoms with E-state index in [1.807, 2.05) is 12.2 Å². The van der Waals surface area contributed by atoms with Crippen LogP contribution in [-0.2, 0) is 65.4 Å². The van der Waals surface area contributed by atoms with Crippen LogP contribution in [0.3, 0.4) is 0 Å². The highest BCUT2D eigenvalue weighted by atomic mass is 31.2. The Morgan fingerprint density at radius 3 is 0.817 bits per heavy atom. The molecule has 602 valence electrons. The van der Waals surface area contributed by atoms with Crippen LogP contribution in [0.15, 0.2) is 97.2 Å². The fourth-order valence-corrected chi connectivity index (χ4v) is 12.7. The van der Waals surface area contributed by atoms with E-state index in [0.29, 0.717) is 32.1 Å². The first-order valence-corrected chi connectivity index (χ1v) is 44.5. The average Bonchev–Trinajstić information content (AvgIpc) is 0.918. The molecule has 0 heterocycles. The predicted molar refractivity (Wildman–Crippen MR) is 427 cm³/mol. The molecule has 0 saturated carbocycles. The summed E-state index contributed by atoms with van der Waals surface area (Å²) < 4.78 is 68.6. The Hall–Kier alpha value is -4.02. The number of hydrogen-bond donors (Lipinski definition) is 3. The van der Waals surface area contributed by atoms with Gasteiger partial charge in [0.1, 0.15) is 19.3 Å². The number of aliphatic hydroxyl groups excluding tert-OH is 1. The Labute approximate surface area is 633 Å². The van der Waals surface area contributed by atoms with Gasteiger partial charge >= 0.3 is 39.5 Å². The zero-order chi connectivity index (χ0) is 76.0. The van der Waals surface area contributed by atoms with Gasteiger partial charge < -0.3 is 33.8 Å². The molecule has 0 fully saturated rings. The van der Waals surface area contributed by atoms with Crippen molar-refractivity contribution in [1.82, 2.24) is 0 Å². The van der Waals surface area contributed by atoms with Crippen molar-refractivity contribution in [1.29, 1.82) is 0 Å². The molecule has 0 bridgehead atoms. The number of carbonyl (C=O) groups excluding carboxylic acids is 4. The van der Waals surface area contributed by atoms with Gasteiger partial charge in [0.2, 0.25) is 0 Å². The first kappa shape index (κ1) is 100.0. The normalized spacial score (nSPS) is 14.3. The van der Waals surface area contributed by atoms with E-state index in [1.165, 1.54) is 122 Å². The minimum absolute atomic E-state index is 0.0378. The summed E-state index contributed by atoms with van der Waals surface area (Å²) in [6.45, 7) is 4.77. The molecular formula is C85H150O17P2. The molecule has 0 aliphatic carbocycles. The van der Waals surface area contributed by atoms with Crippen molar-refractivity contribution in [2.45, 2.75) is 380 Å². The van der Waals surface area contributed by atoms with Crippen LogP contribution in [0.5, 0.6) is 0 Å². The lowest BCUT2D eigenvalue weighted by Gasteiger charge is -2.21. The molecule has 19 heteroatoms. The van der Waals surface area contributed by atoms with Crippen molar-refractivity contribution < 1.29 is 80.2 Å². The lowest BCUT2D eigenvalue weighted by Crippen LogP contribution is -2.30. The zero-order valence-electron chi connectivity index (χ0n) is 65.9. The smallest absolute Gasteiger partial charge is 0.462 e. The number of rotatable bonds is 78. The molecule has 0 radical (unpaired) electrons. The van der Waals surface area contributed by atoms with Crippen LogP contribution in [0.2, 0.25) is 0 Å². The van der Waals surface area contributed by atoms with E-state index < -0.39 is 97.5 Å². The lowest BCUT2D eigenvalue weighted by molar-refractivity contribution is -0.161. The highest BCUT2D eigenvalue weighted by Gasteiger charge is 2.30. The fraction of sp³-hybridized carbons (Fsp3) is 0.765. The summed E-state index contributed by atoms with van der Waals surface area (Å²) in [5, 5.41) is 10.6. The molecule has 0 aromatic carbocycles. The molecule has 0 aromatic heterocycles. The Morgan fingerprint density at radius 2 is 0.490 bits per heavy atom. The number of carbonyl (C=O) groups is 4. The molecule has 17 nitrogen and oxygen atoms in total. The monoisotopic (exact) mass is 1510 g/mol. The Morgan fingerprint density at radius 1 is 0.269 bits per heavy atom. The van der Waals surface area contributed by atoms with Gasteiger partial charge in [-0.2, -0.15) is 0 Å². The van der Waals surface area contributed by atoms with Gasteiger partial charge in [-0.25, -0.2) is 9.13 Å². The molecular weight excluding hydrogens is 1350 g/mol. The summed E-state index contributed by atoms with van der Waals surface area (Å²) in [6, 6.07) is 0. The molecule has 0 aromatic rings. The van der Waals surface area contributed by atoms with Crippen LogP contribution < -0.4 is 0 Å². The minimum atomic E-state index is -4.99. The van der Waals surface area contributed by atoms with E-state index in [0.717, 1.165) is 154 Å². The van der Waals surface area contributed by atoms with Crippen LogP contribution in [0.4, 0.5) is 0 Å². The number of aliphatic hydroxyl groups is 1. The van der Waals surface area contributed by atoms with E-state index in [9.17, 15) is 43.2 Å². The minimum Gasteiger partial charge on any atom is -0.462 e. The van der Waals surface area contributed by atoms with Gasteiger partial charge in [-0.3, -0.25) is 37.3 Å². The van der Waals surface area contributed by atoms with E-state index in [-0.39, 0.29) is 25.7 Å². The second-order valence-corrected chi connectivity index (χ2v) is 30.6. The number of esters is 4. The molecule has 5 atom stereocenters. The zero-order valence-corrected chi connectivity index (χ0v) is 67.7. The number of hydrogen-bond acceptors (Lipinski definition) is 15. The average molecular weight is 1510 g/mol. The molecule has 3 N–H and O–H groups in total.